The fourth-order valence-corrected chi connectivity index (χ4v) is 3.62. The molecule has 0 saturated carbocycles. The van der Waals surface area contributed by atoms with Crippen LogP contribution in [0.3, 0.4) is 0 Å². The third-order valence-electron chi connectivity index (χ3n) is 4.32. The third-order valence-corrected chi connectivity index (χ3v) is 4.81. The first kappa shape index (κ1) is 14.7. The van der Waals surface area contributed by atoms with Crippen molar-refractivity contribution in [1.29, 1.82) is 0 Å². The Balaban J connectivity index is 1.70. The van der Waals surface area contributed by atoms with Gasteiger partial charge in [0.25, 0.3) is 0 Å². The second-order valence-corrected chi connectivity index (χ2v) is 6.86. The van der Waals surface area contributed by atoms with Crippen molar-refractivity contribution in [2.24, 2.45) is 7.05 Å². The average molecular weight is 349 g/mol. The maximum atomic E-state index is 4.29. The van der Waals surface area contributed by atoms with E-state index in [1.807, 2.05) is 7.05 Å². The topological polar surface area (TPSA) is 34.0 Å². The predicted octanol–water partition coefficient (Wildman–Crippen LogP) is 3.27. The van der Waals surface area contributed by atoms with E-state index in [4.69, 9.17) is 0 Å². The van der Waals surface area contributed by atoms with Gasteiger partial charge in [-0.3, -0.25) is 4.90 Å². The van der Waals surface area contributed by atoms with Gasteiger partial charge in [0.05, 0.1) is 0 Å². The smallest absolute Gasteiger partial charge is 0.136 e. The first-order chi connectivity index (χ1) is 10.1. The summed E-state index contributed by atoms with van der Waals surface area (Å²) in [4.78, 5) is 2.54. The van der Waals surface area contributed by atoms with Crippen molar-refractivity contribution in [3.63, 3.8) is 0 Å². The number of piperidine rings is 1. The summed E-state index contributed by atoms with van der Waals surface area (Å²) in [6.45, 7) is 5.45. The Kier molecular flexibility index (Phi) is 4.40. The van der Waals surface area contributed by atoms with Crippen LogP contribution >= 0.6 is 15.9 Å². The molecule has 1 fully saturated rings. The average Bonchev–Trinajstić information content (AvgIpc) is 2.89. The number of hydrogen-bond donors (Lipinski definition) is 0. The molecule has 1 saturated heterocycles. The van der Waals surface area contributed by atoms with Gasteiger partial charge in [0, 0.05) is 30.5 Å². The monoisotopic (exact) mass is 348 g/mol. The first-order valence-electron chi connectivity index (χ1n) is 7.45. The predicted molar refractivity (Wildman–Crippen MR) is 87.1 cm³/mol. The van der Waals surface area contributed by atoms with Gasteiger partial charge < -0.3 is 4.57 Å². The van der Waals surface area contributed by atoms with Crippen LogP contribution in [0.15, 0.2) is 29.0 Å². The Morgan fingerprint density at radius 3 is 2.95 bits per heavy atom. The van der Waals surface area contributed by atoms with Crippen molar-refractivity contribution in [3.05, 3.63) is 46.0 Å². The quantitative estimate of drug-likeness (QED) is 0.853. The summed E-state index contributed by atoms with van der Waals surface area (Å²) in [6.07, 6.45) is 4.24. The molecule has 112 valence electrons. The molecule has 0 aliphatic carbocycles. The van der Waals surface area contributed by atoms with E-state index in [0.717, 1.165) is 23.4 Å². The molecule has 0 unspecified atom stereocenters. The number of benzene rings is 1. The van der Waals surface area contributed by atoms with Gasteiger partial charge in [-0.05, 0) is 49.6 Å². The maximum absolute atomic E-state index is 4.29. The van der Waals surface area contributed by atoms with E-state index >= 15 is 0 Å². The number of halogens is 1. The summed E-state index contributed by atoms with van der Waals surface area (Å²) in [5, 5.41) is 8.31. The lowest BCUT2D eigenvalue weighted by atomic mass is 9.96. The Labute approximate surface area is 134 Å². The van der Waals surface area contributed by atoms with Crippen LogP contribution in [-0.2, 0) is 13.6 Å². The van der Waals surface area contributed by atoms with Crippen LogP contribution < -0.4 is 0 Å². The molecule has 5 heteroatoms. The number of rotatable bonds is 3. The van der Waals surface area contributed by atoms with E-state index in [1.165, 1.54) is 30.5 Å². The van der Waals surface area contributed by atoms with Crippen molar-refractivity contribution in [3.8, 4) is 0 Å². The van der Waals surface area contributed by atoms with E-state index in [2.05, 4.69) is 60.7 Å². The fourth-order valence-electron chi connectivity index (χ4n) is 3.15. The molecule has 1 aromatic heterocycles. The third kappa shape index (κ3) is 3.35. The summed E-state index contributed by atoms with van der Waals surface area (Å²) < 4.78 is 3.21. The second-order valence-electron chi connectivity index (χ2n) is 5.95. The lowest BCUT2D eigenvalue weighted by molar-refractivity contribution is 0.195. The maximum Gasteiger partial charge on any atom is 0.136 e. The molecule has 2 aromatic rings. The molecular formula is C16H21BrN4. The van der Waals surface area contributed by atoms with Crippen LogP contribution in [0.5, 0.6) is 0 Å². The molecule has 1 aliphatic heterocycles. The number of nitrogens with zero attached hydrogens (tertiary/aromatic N) is 4. The van der Waals surface area contributed by atoms with E-state index in [9.17, 15) is 0 Å². The fraction of sp³-hybridized carbons (Fsp3) is 0.500. The van der Waals surface area contributed by atoms with E-state index < -0.39 is 0 Å². The second kappa shape index (κ2) is 6.28. The molecule has 1 atom stereocenters. The summed E-state index contributed by atoms with van der Waals surface area (Å²) >= 11 is 3.53. The Morgan fingerprint density at radius 2 is 2.24 bits per heavy atom. The molecule has 1 aromatic carbocycles. The molecule has 0 spiro atoms. The van der Waals surface area contributed by atoms with Crippen molar-refractivity contribution in [1.82, 2.24) is 19.7 Å². The highest BCUT2D eigenvalue weighted by Crippen LogP contribution is 2.27. The minimum atomic E-state index is 0.502. The lowest BCUT2D eigenvalue weighted by Gasteiger charge is -2.32. The van der Waals surface area contributed by atoms with E-state index in [0.29, 0.717) is 5.92 Å². The SMILES string of the molecule is Cc1cc(Br)ccc1CN1CCC[C@H](c2nncn2C)C1. The molecule has 1 aliphatic rings. The largest absolute Gasteiger partial charge is 0.320 e. The summed E-state index contributed by atoms with van der Waals surface area (Å²) in [5.74, 6) is 1.62. The van der Waals surface area contributed by atoms with Crippen molar-refractivity contribution >= 4 is 15.9 Å². The zero-order valence-corrected chi connectivity index (χ0v) is 14.2. The van der Waals surface area contributed by atoms with Gasteiger partial charge in [0.1, 0.15) is 12.2 Å². The first-order valence-corrected chi connectivity index (χ1v) is 8.24. The summed E-state index contributed by atoms with van der Waals surface area (Å²) in [6, 6.07) is 6.55. The van der Waals surface area contributed by atoms with Gasteiger partial charge in [0.15, 0.2) is 0 Å². The minimum Gasteiger partial charge on any atom is -0.320 e. The van der Waals surface area contributed by atoms with Crippen molar-refractivity contribution in [2.45, 2.75) is 32.2 Å². The standard InChI is InChI=1S/C16H21BrN4/c1-12-8-15(17)6-5-13(12)9-21-7-3-4-14(10-21)16-19-18-11-20(16)2/h5-6,8,11,14H,3-4,7,9-10H2,1-2H3/t14-/m0/s1. The summed E-state index contributed by atoms with van der Waals surface area (Å²) in [5.41, 5.74) is 2.77. The van der Waals surface area contributed by atoms with Crippen LogP contribution in [0.25, 0.3) is 0 Å². The molecule has 21 heavy (non-hydrogen) atoms. The molecular weight excluding hydrogens is 328 g/mol. The van der Waals surface area contributed by atoms with Crippen LogP contribution in [0.1, 0.15) is 35.7 Å². The van der Waals surface area contributed by atoms with Gasteiger partial charge in [0.2, 0.25) is 0 Å². The molecule has 2 heterocycles. The highest BCUT2D eigenvalue weighted by molar-refractivity contribution is 9.10. The van der Waals surface area contributed by atoms with Gasteiger partial charge in [-0.2, -0.15) is 0 Å². The number of aryl methyl sites for hydroxylation is 2. The molecule has 0 radical (unpaired) electrons. The van der Waals surface area contributed by atoms with Crippen molar-refractivity contribution in [2.75, 3.05) is 13.1 Å². The van der Waals surface area contributed by atoms with Gasteiger partial charge >= 0.3 is 0 Å². The minimum absolute atomic E-state index is 0.502. The van der Waals surface area contributed by atoms with Gasteiger partial charge in [-0.1, -0.05) is 22.0 Å². The molecule has 0 N–H and O–H groups in total. The van der Waals surface area contributed by atoms with Gasteiger partial charge in [-0.25, -0.2) is 0 Å². The summed E-state index contributed by atoms with van der Waals surface area (Å²) in [7, 11) is 2.03. The Hall–Kier alpha value is -1.20. The van der Waals surface area contributed by atoms with E-state index in [-0.39, 0.29) is 0 Å². The van der Waals surface area contributed by atoms with E-state index in [1.54, 1.807) is 6.33 Å². The number of likely N-dealkylation sites (tertiary alicyclic amines) is 1. The Bertz CT molecular complexity index is 622. The van der Waals surface area contributed by atoms with Crippen LogP contribution in [-0.4, -0.2) is 32.8 Å². The normalized spacial score (nSPS) is 19.9. The molecule has 0 amide bonds. The highest BCUT2D eigenvalue weighted by Gasteiger charge is 2.24. The highest BCUT2D eigenvalue weighted by atomic mass is 79.9. The number of aromatic nitrogens is 3. The zero-order valence-electron chi connectivity index (χ0n) is 12.6. The van der Waals surface area contributed by atoms with Crippen LogP contribution in [0.2, 0.25) is 0 Å². The number of hydrogen-bond acceptors (Lipinski definition) is 3. The van der Waals surface area contributed by atoms with Gasteiger partial charge in [-0.15, -0.1) is 10.2 Å². The molecule has 0 bridgehead atoms. The molecule has 3 rings (SSSR count). The van der Waals surface area contributed by atoms with Crippen LogP contribution in [0, 0.1) is 6.92 Å². The Morgan fingerprint density at radius 1 is 1.38 bits per heavy atom. The zero-order chi connectivity index (χ0) is 14.8. The lowest BCUT2D eigenvalue weighted by Crippen LogP contribution is -2.35. The molecule has 4 nitrogen and oxygen atoms in total. The van der Waals surface area contributed by atoms with Crippen molar-refractivity contribution < 1.29 is 0 Å². The van der Waals surface area contributed by atoms with Crippen LogP contribution in [0.4, 0.5) is 0 Å².